The van der Waals surface area contributed by atoms with Crippen molar-refractivity contribution in [1.29, 1.82) is 0 Å². The third-order valence-corrected chi connectivity index (χ3v) is 4.44. The van der Waals surface area contributed by atoms with Crippen LogP contribution in [0.2, 0.25) is 0 Å². The fraction of sp³-hybridized carbons (Fsp3) is 0.412. The highest BCUT2D eigenvalue weighted by molar-refractivity contribution is 5.19. The maximum Gasteiger partial charge on any atom is 0.333 e. The number of aromatic nitrogens is 2. The Bertz CT molecular complexity index is 914. The van der Waals surface area contributed by atoms with E-state index in [1.807, 2.05) is 0 Å². The van der Waals surface area contributed by atoms with E-state index < -0.39 is 54.9 Å². The topological polar surface area (TPSA) is 114 Å². The molecular weight excluding hydrogens is 366 g/mol. The molecule has 3 rings (SSSR count). The maximum absolute atomic E-state index is 14.5. The van der Waals surface area contributed by atoms with Gasteiger partial charge < -0.3 is 20.1 Å². The van der Waals surface area contributed by atoms with E-state index in [-0.39, 0.29) is 5.56 Å². The summed E-state index contributed by atoms with van der Waals surface area (Å²) in [6.45, 7) is -1.82. The van der Waals surface area contributed by atoms with Crippen LogP contribution in [0.3, 0.4) is 0 Å². The molecule has 1 aliphatic rings. The summed E-state index contributed by atoms with van der Waals surface area (Å²) in [4.78, 5) is 24.6. The summed E-state index contributed by atoms with van der Waals surface area (Å²) in [5.41, 5.74) is -2.44. The molecule has 0 radical (unpaired) electrons. The molecule has 0 bridgehead atoms. The molecule has 10 heteroatoms. The second-order valence-corrected chi connectivity index (χ2v) is 6.23. The van der Waals surface area contributed by atoms with Gasteiger partial charge in [-0.25, -0.2) is 4.79 Å². The average Bonchev–Trinajstić information content (AvgIpc) is 2.94. The number of halogens is 2. The quantitative estimate of drug-likeness (QED) is 0.635. The predicted molar refractivity (Wildman–Crippen MR) is 88.3 cm³/mol. The number of benzene rings is 1. The molecule has 0 aliphatic carbocycles. The second kappa shape index (κ2) is 7.31. The lowest BCUT2D eigenvalue weighted by Gasteiger charge is -2.21. The molecular formula is C17H18F2N2O6. The minimum atomic E-state index is -3.49. The summed E-state index contributed by atoms with van der Waals surface area (Å²) in [7, 11) is 0. The number of nitrogens with zero attached hydrogens (tertiary/aromatic N) is 2. The summed E-state index contributed by atoms with van der Waals surface area (Å²) in [6.07, 6.45) is -4.65. The normalized spacial score (nSPS) is 25.7. The lowest BCUT2D eigenvalue weighted by molar-refractivity contribution is -0.0577. The number of alkyl halides is 2. The highest BCUT2D eigenvalue weighted by Gasteiger charge is 2.44. The molecule has 0 saturated carbocycles. The first-order valence-corrected chi connectivity index (χ1v) is 8.14. The van der Waals surface area contributed by atoms with Crippen LogP contribution in [-0.2, 0) is 17.2 Å². The fourth-order valence-electron chi connectivity index (χ4n) is 2.95. The predicted octanol–water partition coefficient (Wildman–Crippen LogP) is -0.587. The molecule has 2 aromatic rings. The first kappa shape index (κ1) is 19.4. The molecule has 1 aromatic heterocycles. The zero-order chi connectivity index (χ0) is 19.8. The first-order valence-electron chi connectivity index (χ1n) is 8.14. The molecule has 2 heterocycles. The molecule has 146 valence electrons. The van der Waals surface area contributed by atoms with Gasteiger partial charge in [-0.1, -0.05) is 30.3 Å². The highest BCUT2D eigenvalue weighted by atomic mass is 19.3. The maximum atomic E-state index is 14.5. The molecule has 27 heavy (non-hydrogen) atoms. The summed E-state index contributed by atoms with van der Waals surface area (Å²) < 4.78 is 35.3. The van der Waals surface area contributed by atoms with Gasteiger partial charge in [-0.15, -0.1) is 0 Å². The van der Waals surface area contributed by atoms with E-state index in [0.717, 1.165) is 16.8 Å². The van der Waals surface area contributed by atoms with E-state index in [2.05, 4.69) is 0 Å². The Kier molecular flexibility index (Phi) is 5.24. The summed E-state index contributed by atoms with van der Waals surface area (Å²) in [5.74, 6) is -3.49. The largest absolute Gasteiger partial charge is 0.394 e. The van der Waals surface area contributed by atoms with Crippen LogP contribution in [0.25, 0.3) is 0 Å². The van der Waals surface area contributed by atoms with Gasteiger partial charge in [-0.2, -0.15) is 8.78 Å². The number of aliphatic hydroxyl groups excluding tert-OH is 3. The van der Waals surface area contributed by atoms with Crippen molar-refractivity contribution in [3.8, 4) is 0 Å². The monoisotopic (exact) mass is 384 g/mol. The van der Waals surface area contributed by atoms with E-state index in [0.29, 0.717) is 4.57 Å². The van der Waals surface area contributed by atoms with Gasteiger partial charge in [0.05, 0.1) is 13.2 Å². The Morgan fingerprint density at radius 2 is 1.74 bits per heavy atom. The van der Waals surface area contributed by atoms with Crippen LogP contribution in [0.1, 0.15) is 11.8 Å². The molecule has 0 spiro atoms. The molecule has 3 N–H and O–H groups in total. The van der Waals surface area contributed by atoms with E-state index in [4.69, 9.17) is 9.84 Å². The number of rotatable bonds is 5. The van der Waals surface area contributed by atoms with Gasteiger partial charge in [0.25, 0.3) is 11.5 Å². The zero-order valence-corrected chi connectivity index (χ0v) is 14.0. The van der Waals surface area contributed by atoms with Crippen molar-refractivity contribution >= 4 is 0 Å². The third-order valence-electron chi connectivity index (χ3n) is 4.44. The fourth-order valence-corrected chi connectivity index (χ4v) is 2.95. The van der Waals surface area contributed by atoms with E-state index in [1.54, 1.807) is 6.07 Å². The Balaban J connectivity index is 1.98. The van der Waals surface area contributed by atoms with Crippen LogP contribution in [0.4, 0.5) is 8.78 Å². The van der Waals surface area contributed by atoms with E-state index >= 15 is 0 Å². The molecule has 8 nitrogen and oxygen atoms in total. The van der Waals surface area contributed by atoms with Crippen molar-refractivity contribution in [2.75, 3.05) is 6.61 Å². The Morgan fingerprint density at radius 3 is 2.33 bits per heavy atom. The minimum Gasteiger partial charge on any atom is -0.394 e. The van der Waals surface area contributed by atoms with Crippen molar-refractivity contribution < 1.29 is 28.8 Å². The number of hydrogen-bond donors (Lipinski definition) is 3. The first-order chi connectivity index (χ1) is 12.8. The van der Waals surface area contributed by atoms with Gasteiger partial charge in [0.2, 0.25) is 0 Å². The smallest absolute Gasteiger partial charge is 0.333 e. The Hall–Kier alpha value is -2.40. The lowest BCUT2D eigenvalue weighted by Crippen LogP contribution is -2.45. The van der Waals surface area contributed by atoms with Crippen LogP contribution in [0.15, 0.2) is 52.2 Å². The molecule has 0 amide bonds. The van der Waals surface area contributed by atoms with Crippen molar-refractivity contribution in [2.45, 2.75) is 37.0 Å². The average molecular weight is 384 g/mol. The molecule has 1 aromatic carbocycles. The van der Waals surface area contributed by atoms with E-state index in [1.165, 1.54) is 24.3 Å². The standard InChI is InChI=1S/C17H18F2N2O6/c18-17(19,10-4-2-1-3-5-10)9-21-12(23)6-7-20(16(21)26)15-14(25)13(24)11(8-22)27-15/h1-7,11,13-15,22,24-25H,8-9H2/t11-,13+,14?,15-/m1/s1. The minimum absolute atomic E-state index is 0.335. The molecule has 1 aliphatic heterocycles. The molecule has 1 unspecified atom stereocenters. The Morgan fingerprint density at radius 1 is 1.07 bits per heavy atom. The van der Waals surface area contributed by atoms with Gasteiger partial charge in [-0.05, 0) is 0 Å². The van der Waals surface area contributed by atoms with Crippen LogP contribution >= 0.6 is 0 Å². The van der Waals surface area contributed by atoms with Crippen LogP contribution in [0, 0.1) is 0 Å². The third kappa shape index (κ3) is 3.56. The summed E-state index contributed by atoms with van der Waals surface area (Å²) in [6, 6.07) is 7.63. The lowest BCUT2D eigenvalue weighted by atomic mass is 10.1. The number of hydrogen-bond acceptors (Lipinski definition) is 6. The van der Waals surface area contributed by atoms with Gasteiger partial charge in [-0.3, -0.25) is 13.9 Å². The zero-order valence-electron chi connectivity index (χ0n) is 14.0. The van der Waals surface area contributed by atoms with Gasteiger partial charge in [0, 0.05) is 17.8 Å². The Labute approximate surface area is 151 Å². The SMILES string of the molecule is O=c1ccn([C@@H]2O[C@H](CO)[C@H](O)C2O)c(=O)n1CC(F)(F)c1ccccc1. The summed E-state index contributed by atoms with van der Waals surface area (Å²) >= 11 is 0. The van der Waals surface area contributed by atoms with Gasteiger partial charge in [0.1, 0.15) is 18.3 Å². The summed E-state index contributed by atoms with van der Waals surface area (Å²) in [5, 5.41) is 29.0. The number of ether oxygens (including phenoxy) is 1. The van der Waals surface area contributed by atoms with Crippen LogP contribution in [0.5, 0.6) is 0 Å². The van der Waals surface area contributed by atoms with Crippen molar-refractivity contribution in [3.63, 3.8) is 0 Å². The van der Waals surface area contributed by atoms with Crippen LogP contribution < -0.4 is 11.2 Å². The second-order valence-electron chi connectivity index (χ2n) is 6.23. The van der Waals surface area contributed by atoms with Crippen molar-refractivity contribution in [2.24, 2.45) is 0 Å². The van der Waals surface area contributed by atoms with Gasteiger partial charge in [0.15, 0.2) is 6.23 Å². The van der Waals surface area contributed by atoms with Crippen LogP contribution in [-0.4, -0.2) is 49.4 Å². The molecule has 1 fully saturated rings. The van der Waals surface area contributed by atoms with E-state index in [9.17, 15) is 28.6 Å². The number of aliphatic hydroxyl groups is 3. The van der Waals surface area contributed by atoms with Gasteiger partial charge >= 0.3 is 5.69 Å². The highest BCUT2D eigenvalue weighted by Crippen LogP contribution is 2.30. The molecule has 1 saturated heterocycles. The van der Waals surface area contributed by atoms with Crippen molar-refractivity contribution in [1.82, 2.24) is 9.13 Å². The molecule has 4 atom stereocenters. The van der Waals surface area contributed by atoms with Crippen molar-refractivity contribution in [3.05, 3.63) is 69.0 Å².